The average Bonchev–Trinajstić information content (AvgIpc) is 2.78. The summed E-state index contributed by atoms with van der Waals surface area (Å²) in [6.45, 7) is 0.410. The minimum absolute atomic E-state index is 0.0354. The molecular formula is C23H27BrO7. The third-order valence-corrected chi connectivity index (χ3v) is 4.62. The van der Waals surface area contributed by atoms with Crippen LogP contribution in [0.5, 0.6) is 17.2 Å². The monoisotopic (exact) mass is 494 g/mol. The molecule has 168 valence electrons. The Balaban J connectivity index is 1.96. The minimum atomic E-state index is -0.426. The Kier molecular flexibility index (Phi) is 10.9. The summed E-state index contributed by atoms with van der Waals surface area (Å²) >= 11 is 3.41. The van der Waals surface area contributed by atoms with Crippen LogP contribution in [0.1, 0.15) is 17.5 Å². The average molecular weight is 495 g/mol. The highest BCUT2D eigenvalue weighted by Crippen LogP contribution is 2.39. The molecule has 0 spiro atoms. The Morgan fingerprint density at radius 2 is 1.58 bits per heavy atom. The highest BCUT2D eigenvalue weighted by atomic mass is 79.9. The molecule has 0 heterocycles. The Morgan fingerprint density at radius 1 is 0.968 bits per heavy atom. The van der Waals surface area contributed by atoms with E-state index in [0.29, 0.717) is 29.4 Å². The highest BCUT2D eigenvalue weighted by Gasteiger charge is 2.14. The van der Waals surface area contributed by atoms with Gasteiger partial charge in [0.25, 0.3) is 0 Å². The van der Waals surface area contributed by atoms with Gasteiger partial charge in [-0.3, -0.25) is 0 Å². The van der Waals surface area contributed by atoms with Crippen molar-refractivity contribution >= 4 is 28.0 Å². The smallest absolute Gasteiger partial charge is 0.330 e. The largest absolute Gasteiger partial charge is 0.490 e. The van der Waals surface area contributed by atoms with Crippen LogP contribution in [0.2, 0.25) is 0 Å². The molecule has 0 aliphatic rings. The zero-order chi connectivity index (χ0) is 22.5. The standard InChI is InChI=1S/C23H27BrO7/c1-26-15-30-20-13-18(14-21(23(20)28-3)31-16-27-2)8-11-22(25)29-12-4-5-17-6-9-19(24)10-7-17/h6-11,13-14H,4-5,12,15-16H2,1-3H3/b11-8+. The van der Waals surface area contributed by atoms with E-state index in [4.69, 9.17) is 28.4 Å². The number of hydrogen-bond donors (Lipinski definition) is 0. The van der Waals surface area contributed by atoms with Crippen molar-refractivity contribution in [3.63, 3.8) is 0 Å². The second-order valence-corrected chi connectivity index (χ2v) is 7.30. The number of benzene rings is 2. The number of carbonyl (C=O) groups is 1. The van der Waals surface area contributed by atoms with Crippen LogP contribution in [-0.2, 0) is 25.4 Å². The van der Waals surface area contributed by atoms with Gasteiger partial charge in [0.15, 0.2) is 25.1 Å². The molecule has 0 aliphatic heterocycles. The summed E-state index contributed by atoms with van der Waals surface area (Å²) < 4.78 is 32.7. The molecule has 0 fully saturated rings. The fourth-order valence-corrected chi connectivity index (χ4v) is 2.93. The molecule has 7 nitrogen and oxygen atoms in total. The molecule has 2 aromatic carbocycles. The molecule has 0 unspecified atom stereocenters. The van der Waals surface area contributed by atoms with E-state index in [1.165, 1.54) is 33.0 Å². The van der Waals surface area contributed by atoms with E-state index in [0.717, 1.165) is 17.3 Å². The van der Waals surface area contributed by atoms with E-state index in [2.05, 4.69) is 15.9 Å². The molecule has 2 aromatic rings. The van der Waals surface area contributed by atoms with Gasteiger partial charge in [-0.2, -0.15) is 0 Å². The van der Waals surface area contributed by atoms with Gasteiger partial charge in [0.1, 0.15) is 0 Å². The Hall–Kier alpha value is -2.55. The first-order valence-electron chi connectivity index (χ1n) is 9.62. The lowest BCUT2D eigenvalue weighted by Gasteiger charge is -2.15. The number of rotatable bonds is 13. The topological polar surface area (TPSA) is 72.5 Å². The molecule has 0 aromatic heterocycles. The number of methoxy groups -OCH3 is 3. The molecule has 0 radical (unpaired) electrons. The van der Waals surface area contributed by atoms with Gasteiger partial charge in [0, 0.05) is 24.8 Å². The van der Waals surface area contributed by atoms with E-state index in [9.17, 15) is 4.79 Å². The van der Waals surface area contributed by atoms with Gasteiger partial charge in [0.05, 0.1) is 13.7 Å². The summed E-state index contributed by atoms with van der Waals surface area (Å²) in [5.74, 6) is 0.813. The van der Waals surface area contributed by atoms with Crippen molar-refractivity contribution in [2.24, 2.45) is 0 Å². The molecule has 8 heteroatoms. The Bertz CT molecular complexity index is 820. The van der Waals surface area contributed by atoms with Gasteiger partial charge in [-0.05, 0) is 54.3 Å². The number of esters is 1. The van der Waals surface area contributed by atoms with Crippen LogP contribution in [0.15, 0.2) is 46.9 Å². The van der Waals surface area contributed by atoms with Crippen LogP contribution in [0, 0.1) is 0 Å². The molecule has 0 bridgehead atoms. The number of aryl methyl sites for hydroxylation is 1. The van der Waals surface area contributed by atoms with Crippen LogP contribution < -0.4 is 14.2 Å². The summed E-state index contributed by atoms with van der Waals surface area (Å²) in [5, 5.41) is 0. The number of carbonyl (C=O) groups excluding carboxylic acids is 1. The zero-order valence-corrected chi connectivity index (χ0v) is 19.5. The summed E-state index contributed by atoms with van der Waals surface area (Å²) in [5.41, 5.74) is 1.87. The van der Waals surface area contributed by atoms with Crippen LogP contribution in [-0.4, -0.2) is 47.5 Å². The van der Waals surface area contributed by atoms with Crippen LogP contribution in [0.4, 0.5) is 0 Å². The molecule has 0 saturated heterocycles. The molecule has 0 saturated carbocycles. The number of hydrogen-bond acceptors (Lipinski definition) is 7. The first kappa shape index (κ1) is 24.7. The molecule has 31 heavy (non-hydrogen) atoms. The van der Waals surface area contributed by atoms with E-state index >= 15 is 0 Å². The van der Waals surface area contributed by atoms with Crippen molar-refractivity contribution in [1.29, 1.82) is 0 Å². The van der Waals surface area contributed by atoms with Crippen molar-refractivity contribution in [3.8, 4) is 17.2 Å². The maximum absolute atomic E-state index is 12.1. The maximum Gasteiger partial charge on any atom is 0.330 e. The second-order valence-electron chi connectivity index (χ2n) is 6.38. The van der Waals surface area contributed by atoms with E-state index in [1.54, 1.807) is 18.2 Å². The summed E-state index contributed by atoms with van der Waals surface area (Å²) in [6.07, 6.45) is 4.56. The van der Waals surface area contributed by atoms with E-state index < -0.39 is 5.97 Å². The van der Waals surface area contributed by atoms with Crippen LogP contribution in [0.3, 0.4) is 0 Å². The normalized spacial score (nSPS) is 10.8. The molecule has 0 aliphatic carbocycles. The van der Waals surface area contributed by atoms with Gasteiger partial charge in [0.2, 0.25) is 5.75 Å². The fraction of sp³-hybridized carbons (Fsp3) is 0.348. The van der Waals surface area contributed by atoms with Gasteiger partial charge in [-0.15, -0.1) is 0 Å². The SMILES string of the molecule is COCOc1cc(/C=C/C(=O)OCCCc2ccc(Br)cc2)cc(OCOC)c1OC. The zero-order valence-electron chi connectivity index (χ0n) is 17.9. The number of ether oxygens (including phenoxy) is 6. The van der Waals surface area contributed by atoms with Crippen molar-refractivity contribution < 1.29 is 33.2 Å². The summed E-state index contributed by atoms with van der Waals surface area (Å²) in [4.78, 5) is 12.1. The van der Waals surface area contributed by atoms with Crippen LogP contribution in [0.25, 0.3) is 6.08 Å². The molecular weight excluding hydrogens is 468 g/mol. The van der Waals surface area contributed by atoms with Gasteiger partial charge in [-0.1, -0.05) is 28.1 Å². The quantitative estimate of drug-likeness (QED) is 0.174. The predicted octanol–water partition coefficient (Wildman–Crippen LogP) is 4.61. The second kappa shape index (κ2) is 13.7. The van der Waals surface area contributed by atoms with Crippen molar-refractivity contribution in [1.82, 2.24) is 0 Å². The van der Waals surface area contributed by atoms with Gasteiger partial charge in [-0.25, -0.2) is 4.79 Å². The maximum atomic E-state index is 12.1. The molecule has 2 rings (SSSR count). The number of halogens is 1. The third-order valence-electron chi connectivity index (χ3n) is 4.09. The molecule has 0 N–H and O–H groups in total. The third kappa shape index (κ3) is 8.61. The van der Waals surface area contributed by atoms with Crippen LogP contribution >= 0.6 is 15.9 Å². The Morgan fingerprint density at radius 3 is 2.13 bits per heavy atom. The first-order valence-corrected chi connectivity index (χ1v) is 10.4. The van der Waals surface area contributed by atoms with Gasteiger partial charge < -0.3 is 28.4 Å². The van der Waals surface area contributed by atoms with E-state index in [1.807, 2.05) is 24.3 Å². The molecule has 0 amide bonds. The van der Waals surface area contributed by atoms with Crippen molar-refractivity contribution in [2.75, 3.05) is 41.5 Å². The van der Waals surface area contributed by atoms with Crippen molar-refractivity contribution in [2.45, 2.75) is 12.8 Å². The summed E-state index contributed by atoms with van der Waals surface area (Å²) in [7, 11) is 4.55. The van der Waals surface area contributed by atoms with Crippen molar-refractivity contribution in [3.05, 3.63) is 58.1 Å². The lowest BCUT2D eigenvalue weighted by Crippen LogP contribution is -2.05. The van der Waals surface area contributed by atoms with E-state index in [-0.39, 0.29) is 13.6 Å². The fourth-order valence-electron chi connectivity index (χ4n) is 2.67. The minimum Gasteiger partial charge on any atom is -0.490 e. The predicted molar refractivity (Wildman–Crippen MR) is 120 cm³/mol. The summed E-state index contributed by atoms with van der Waals surface area (Å²) in [6, 6.07) is 11.5. The first-order chi connectivity index (χ1) is 15.1. The van der Waals surface area contributed by atoms with Gasteiger partial charge >= 0.3 is 5.97 Å². The Labute approximate surface area is 191 Å². The molecule has 0 atom stereocenters. The highest BCUT2D eigenvalue weighted by molar-refractivity contribution is 9.10. The lowest BCUT2D eigenvalue weighted by molar-refractivity contribution is -0.137. The lowest BCUT2D eigenvalue weighted by atomic mass is 10.1.